The normalized spacial score (nSPS) is 25.9. The van der Waals surface area contributed by atoms with Crippen molar-refractivity contribution in [1.82, 2.24) is 9.97 Å². The second kappa shape index (κ2) is 6.82. The van der Waals surface area contributed by atoms with Gasteiger partial charge in [-0.25, -0.2) is 4.98 Å². The minimum absolute atomic E-state index is 0.0863. The van der Waals surface area contributed by atoms with E-state index in [-0.39, 0.29) is 11.6 Å². The number of alkyl halides is 1. The number of rotatable bonds is 5. The van der Waals surface area contributed by atoms with Gasteiger partial charge in [0.1, 0.15) is 0 Å². The molecule has 0 bridgehead atoms. The Morgan fingerprint density at radius 3 is 2.62 bits per heavy atom. The molecule has 1 fully saturated rings. The number of anilines is 1. The predicted octanol–water partition coefficient (Wildman–Crippen LogP) is 4.17. The Labute approximate surface area is 132 Å². The number of ether oxygens (including phenoxy) is 1. The van der Waals surface area contributed by atoms with Crippen molar-refractivity contribution in [3.63, 3.8) is 0 Å². The third-order valence-electron chi connectivity index (χ3n) is 4.05. The second-order valence-electron chi connectivity index (χ2n) is 6.56. The van der Waals surface area contributed by atoms with Gasteiger partial charge in [-0.05, 0) is 52.4 Å². The summed E-state index contributed by atoms with van der Waals surface area (Å²) in [5, 5.41) is 3.48. The van der Waals surface area contributed by atoms with Crippen LogP contribution >= 0.6 is 11.6 Å². The molecule has 0 atom stereocenters. The van der Waals surface area contributed by atoms with Crippen molar-refractivity contribution in [1.29, 1.82) is 0 Å². The highest BCUT2D eigenvalue weighted by atomic mass is 35.5. The molecule has 1 saturated carbocycles. The summed E-state index contributed by atoms with van der Waals surface area (Å²) in [7, 11) is 0. The van der Waals surface area contributed by atoms with Gasteiger partial charge in [0.2, 0.25) is 11.8 Å². The number of aromatic nitrogens is 2. The third-order valence-corrected chi connectivity index (χ3v) is 4.56. The van der Waals surface area contributed by atoms with Crippen molar-refractivity contribution in [2.45, 2.75) is 65.0 Å². The average molecular weight is 312 g/mol. The van der Waals surface area contributed by atoms with E-state index >= 15 is 0 Å². The zero-order valence-electron chi connectivity index (χ0n) is 13.4. The molecule has 0 unspecified atom stereocenters. The maximum Gasteiger partial charge on any atom is 0.226 e. The average Bonchev–Trinajstić information content (AvgIpc) is 2.40. The molecule has 0 radical (unpaired) electrons. The number of nitrogens with one attached hydrogen (secondary N) is 1. The molecule has 1 aromatic heterocycles. The van der Waals surface area contributed by atoms with Crippen molar-refractivity contribution >= 4 is 17.5 Å². The van der Waals surface area contributed by atoms with E-state index in [4.69, 9.17) is 16.3 Å². The quantitative estimate of drug-likeness (QED) is 0.829. The van der Waals surface area contributed by atoms with Gasteiger partial charge in [0.15, 0.2) is 0 Å². The van der Waals surface area contributed by atoms with Gasteiger partial charge in [0, 0.05) is 17.6 Å². The predicted molar refractivity (Wildman–Crippen MR) is 87.2 cm³/mol. The summed E-state index contributed by atoms with van der Waals surface area (Å²) in [6.45, 7) is 8.24. The van der Waals surface area contributed by atoms with Crippen LogP contribution in [-0.4, -0.2) is 27.5 Å². The van der Waals surface area contributed by atoms with Crippen LogP contribution in [0.4, 0.5) is 5.95 Å². The highest BCUT2D eigenvalue weighted by molar-refractivity contribution is 6.18. The van der Waals surface area contributed by atoms with Crippen LogP contribution in [0.25, 0.3) is 0 Å². The van der Waals surface area contributed by atoms with E-state index in [2.05, 4.69) is 22.2 Å². The lowest BCUT2D eigenvalue weighted by molar-refractivity contribution is 0.232. The Hall–Kier alpha value is -1.03. The van der Waals surface area contributed by atoms with Gasteiger partial charge in [0.25, 0.3) is 0 Å². The standard InChI is InChI=1S/C16H26ClN3O/c1-11(2)21-14-9-13(4)18-15(19-14)20-16(10-17)7-5-12(3)6-8-16/h9,11-12H,5-8,10H2,1-4H3,(H,18,19,20). The van der Waals surface area contributed by atoms with Gasteiger partial charge in [-0.3, -0.25) is 0 Å². The number of halogens is 1. The van der Waals surface area contributed by atoms with Crippen LogP contribution in [0, 0.1) is 12.8 Å². The monoisotopic (exact) mass is 311 g/mol. The lowest BCUT2D eigenvalue weighted by Crippen LogP contribution is -2.44. The molecule has 0 aromatic carbocycles. The number of hydrogen-bond acceptors (Lipinski definition) is 4. The second-order valence-corrected chi connectivity index (χ2v) is 6.83. The number of nitrogens with zero attached hydrogens (tertiary/aromatic N) is 2. The lowest BCUT2D eigenvalue weighted by Gasteiger charge is -2.38. The van der Waals surface area contributed by atoms with Crippen LogP contribution in [0.1, 0.15) is 52.1 Å². The fourth-order valence-electron chi connectivity index (χ4n) is 2.74. The Morgan fingerprint density at radius 1 is 1.38 bits per heavy atom. The molecule has 21 heavy (non-hydrogen) atoms. The van der Waals surface area contributed by atoms with Crippen LogP contribution in [0.5, 0.6) is 5.88 Å². The molecule has 2 rings (SSSR count). The van der Waals surface area contributed by atoms with E-state index in [1.54, 1.807) is 0 Å². The van der Waals surface area contributed by atoms with Crippen molar-refractivity contribution in [3.8, 4) is 5.88 Å². The molecule has 118 valence electrons. The molecule has 1 N–H and O–H groups in total. The first-order valence-corrected chi connectivity index (χ1v) is 8.32. The van der Waals surface area contributed by atoms with Gasteiger partial charge in [-0.2, -0.15) is 4.98 Å². The zero-order chi connectivity index (χ0) is 15.5. The molecule has 1 aliphatic rings. The molecule has 5 heteroatoms. The van der Waals surface area contributed by atoms with Gasteiger partial charge >= 0.3 is 0 Å². The summed E-state index contributed by atoms with van der Waals surface area (Å²) >= 11 is 6.25. The molecule has 1 aromatic rings. The summed E-state index contributed by atoms with van der Waals surface area (Å²) < 4.78 is 5.68. The summed E-state index contributed by atoms with van der Waals surface area (Å²) in [4.78, 5) is 8.96. The highest BCUT2D eigenvalue weighted by Gasteiger charge is 2.34. The van der Waals surface area contributed by atoms with Gasteiger partial charge in [0.05, 0.1) is 11.6 Å². The molecule has 0 spiro atoms. The Bertz CT molecular complexity index is 471. The van der Waals surface area contributed by atoms with Crippen molar-refractivity contribution in [2.24, 2.45) is 5.92 Å². The number of aryl methyl sites for hydroxylation is 1. The summed E-state index contributed by atoms with van der Waals surface area (Å²) in [6, 6.07) is 1.86. The summed E-state index contributed by atoms with van der Waals surface area (Å²) in [6.07, 6.45) is 4.62. The van der Waals surface area contributed by atoms with Crippen LogP contribution in [0.15, 0.2) is 6.07 Å². The van der Waals surface area contributed by atoms with Crippen LogP contribution < -0.4 is 10.1 Å². The van der Waals surface area contributed by atoms with Crippen LogP contribution in [0.2, 0.25) is 0 Å². The van der Waals surface area contributed by atoms with Gasteiger partial charge in [-0.15, -0.1) is 11.6 Å². The Kier molecular flexibility index (Phi) is 5.31. The van der Waals surface area contributed by atoms with E-state index < -0.39 is 0 Å². The fourth-order valence-corrected chi connectivity index (χ4v) is 3.08. The maximum atomic E-state index is 6.25. The van der Waals surface area contributed by atoms with Gasteiger partial charge in [-0.1, -0.05) is 6.92 Å². The van der Waals surface area contributed by atoms with Crippen molar-refractivity contribution < 1.29 is 4.74 Å². The first-order valence-electron chi connectivity index (χ1n) is 7.79. The van der Waals surface area contributed by atoms with Crippen LogP contribution in [-0.2, 0) is 0 Å². The van der Waals surface area contributed by atoms with E-state index in [0.29, 0.717) is 17.7 Å². The Morgan fingerprint density at radius 2 is 2.05 bits per heavy atom. The minimum Gasteiger partial charge on any atom is -0.475 e. The molecule has 1 heterocycles. The smallest absolute Gasteiger partial charge is 0.226 e. The fraction of sp³-hybridized carbons (Fsp3) is 0.750. The molecular weight excluding hydrogens is 286 g/mol. The topological polar surface area (TPSA) is 47.0 Å². The Balaban J connectivity index is 2.15. The molecule has 4 nitrogen and oxygen atoms in total. The van der Waals surface area contributed by atoms with E-state index in [1.807, 2.05) is 26.8 Å². The molecule has 0 amide bonds. The minimum atomic E-state index is -0.0863. The van der Waals surface area contributed by atoms with Gasteiger partial charge < -0.3 is 10.1 Å². The maximum absolute atomic E-state index is 6.25. The summed E-state index contributed by atoms with van der Waals surface area (Å²) in [5.74, 6) is 2.60. The number of hydrogen-bond donors (Lipinski definition) is 1. The van der Waals surface area contributed by atoms with E-state index in [9.17, 15) is 0 Å². The lowest BCUT2D eigenvalue weighted by atomic mass is 9.78. The third kappa shape index (κ3) is 4.47. The SMILES string of the molecule is Cc1cc(OC(C)C)nc(NC2(CCl)CCC(C)CC2)n1. The largest absolute Gasteiger partial charge is 0.475 e. The zero-order valence-corrected chi connectivity index (χ0v) is 14.2. The van der Waals surface area contributed by atoms with E-state index in [1.165, 1.54) is 12.8 Å². The van der Waals surface area contributed by atoms with E-state index in [0.717, 1.165) is 24.5 Å². The van der Waals surface area contributed by atoms with Crippen LogP contribution in [0.3, 0.4) is 0 Å². The highest BCUT2D eigenvalue weighted by Crippen LogP contribution is 2.35. The van der Waals surface area contributed by atoms with Crippen molar-refractivity contribution in [2.75, 3.05) is 11.2 Å². The first-order chi connectivity index (χ1) is 9.92. The summed E-state index contributed by atoms with van der Waals surface area (Å²) in [5.41, 5.74) is 0.814. The molecule has 0 saturated heterocycles. The first kappa shape index (κ1) is 16.3. The van der Waals surface area contributed by atoms with Crippen molar-refractivity contribution in [3.05, 3.63) is 11.8 Å². The molecule has 0 aliphatic heterocycles. The molecular formula is C16H26ClN3O. The molecule has 1 aliphatic carbocycles.